The van der Waals surface area contributed by atoms with Crippen LogP contribution in [0.1, 0.15) is 26.7 Å². The lowest BCUT2D eigenvalue weighted by Gasteiger charge is -2.43. The zero-order valence-corrected chi connectivity index (χ0v) is 10.7. The third-order valence-electron chi connectivity index (χ3n) is 3.73. The van der Waals surface area contributed by atoms with Crippen molar-refractivity contribution in [1.29, 1.82) is 0 Å². The lowest BCUT2D eigenvalue weighted by molar-refractivity contribution is -0.161. The molecule has 2 saturated heterocycles. The molecule has 0 aromatic carbocycles. The molecular weight excluding hydrogens is 220 g/mol. The highest BCUT2D eigenvalue weighted by Gasteiger charge is 2.47. The molecule has 5 heteroatoms. The number of hydrogen-bond acceptors (Lipinski definition) is 3. The molecule has 0 aromatic heterocycles. The topological polar surface area (TPSA) is 49.9 Å². The average molecular weight is 240 g/mol. The normalized spacial score (nSPS) is 30.8. The minimum absolute atomic E-state index is 0.0470. The number of rotatable bonds is 3. The van der Waals surface area contributed by atoms with Gasteiger partial charge in [-0.15, -0.1) is 0 Å². The summed E-state index contributed by atoms with van der Waals surface area (Å²) in [6.45, 7) is 4.93. The van der Waals surface area contributed by atoms with E-state index in [1.807, 2.05) is 6.92 Å². The first-order valence-corrected chi connectivity index (χ1v) is 6.19. The van der Waals surface area contributed by atoms with Gasteiger partial charge in [-0.3, -0.25) is 9.59 Å². The first-order valence-electron chi connectivity index (χ1n) is 6.19. The van der Waals surface area contributed by atoms with Gasteiger partial charge in [0.2, 0.25) is 11.8 Å². The van der Waals surface area contributed by atoms with Crippen LogP contribution in [0.15, 0.2) is 0 Å². The Morgan fingerprint density at radius 1 is 1.41 bits per heavy atom. The Balaban J connectivity index is 2.21. The molecule has 0 saturated carbocycles. The quantitative estimate of drug-likeness (QED) is 0.710. The maximum absolute atomic E-state index is 12.4. The summed E-state index contributed by atoms with van der Waals surface area (Å²) in [5.74, 6) is 0.161. The maximum Gasteiger partial charge on any atom is 0.246 e. The van der Waals surface area contributed by atoms with Crippen LogP contribution in [-0.4, -0.2) is 60.0 Å². The van der Waals surface area contributed by atoms with Gasteiger partial charge in [0.15, 0.2) is 0 Å². The molecule has 2 aliphatic heterocycles. The van der Waals surface area contributed by atoms with Crippen LogP contribution in [0.4, 0.5) is 0 Å². The summed E-state index contributed by atoms with van der Waals surface area (Å²) in [6, 6.07) is -0.630. The largest absolute Gasteiger partial charge is 0.383 e. The van der Waals surface area contributed by atoms with Gasteiger partial charge in [-0.05, 0) is 26.7 Å². The van der Waals surface area contributed by atoms with Gasteiger partial charge in [0.05, 0.1) is 12.6 Å². The highest BCUT2D eigenvalue weighted by atomic mass is 16.5. The monoisotopic (exact) mass is 240 g/mol. The second-order valence-electron chi connectivity index (χ2n) is 4.92. The van der Waals surface area contributed by atoms with Crippen molar-refractivity contribution < 1.29 is 14.3 Å². The van der Waals surface area contributed by atoms with Crippen molar-refractivity contribution in [2.24, 2.45) is 0 Å². The number of carbonyl (C=O) groups is 2. The Bertz CT molecular complexity index is 332. The fraction of sp³-hybridized carbons (Fsp3) is 0.833. The average Bonchev–Trinajstić information content (AvgIpc) is 2.76. The summed E-state index contributed by atoms with van der Waals surface area (Å²) < 4.78 is 5.08. The summed E-state index contributed by atoms with van der Waals surface area (Å²) in [6.07, 6.45) is 1.73. The van der Waals surface area contributed by atoms with Gasteiger partial charge in [-0.1, -0.05) is 0 Å². The summed E-state index contributed by atoms with van der Waals surface area (Å²) in [5, 5.41) is 0. The van der Waals surface area contributed by atoms with Crippen LogP contribution < -0.4 is 0 Å². The number of amides is 2. The molecule has 96 valence electrons. The van der Waals surface area contributed by atoms with Crippen LogP contribution >= 0.6 is 0 Å². The minimum Gasteiger partial charge on any atom is -0.383 e. The lowest BCUT2D eigenvalue weighted by Crippen LogP contribution is -2.64. The van der Waals surface area contributed by atoms with Crippen LogP contribution in [0.3, 0.4) is 0 Å². The number of ether oxygens (including phenoxy) is 1. The van der Waals surface area contributed by atoms with Crippen LogP contribution in [0, 0.1) is 0 Å². The van der Waals surface area contributed by atoms with Crippen LogP contribution in [-0.2, 0) is 14.3 Å². The molecule has 3 atom stereocenters. The van der Waals surface area contributed by atoms with E-state index in [0.29, 0.717) is 6.61 Å². The Morgan fingerprint density at radius 2 is 2.12 bits per heavy atom. The molecule has 0 bridgehead atoms. The number of hydrogen-bond donors (Lipinski definition) is 0. The van der Waals surface area contributed by atoms with Gasteiger partial charge in [0.1, 0.15) is 12.1 Å². The van der Waals surface area contributed by atoms with Crippen molar-refractivity contribution in [2.45, 2.75) is 44.8 Å². The van der Waals surface area contributed by atoms with Gasteiger partial charge in [0.25, 0.3) is 0 Å². The molecule has 2 aliphatic rings. The molecule has 0 radical (unpaired) electrons. The molecule has 0 aromatic rings. The zero-order valence-electron chi connectivity index (χ0n) is 10.7. The lowest BCUT2D eigenvalue weighted by atomic mass is 10.0. The molecular formula is C12H20N2O3. The van der Waals surface area contributed by atoms with E-state index in [1.165, 1.54) is 0 Å². The van der Waals surface area contributed by atoms with Crippen molar-refractivity contribution in [3.63, 3.8) is 0 Å². The fourth-order valence-electron chi connectivity index (χ4n) is 2.93. The van der Waals surface area contributed by atoms with E-state index in [9.17, 15) is 9.59 Å². The third kappa shape index (κ3) is 1.92. The first kappa shape index (κ1) is 12.4. The summed E-state index contributed by atoms with van der Waals surface area (Å²) in [4.78, 5) is 28.0. The molecule has 17 heavy (non-hydrogen) atoms. The number of methoxy groups -OCH3 is 1. The number of carbonyl (C=O) groups excluding carboxylic acids is 2. The standard InChI is InChI=1S/C12H20N2O3/c1-8(7-17-3)14-9(2)11(15)13-6-4-5-10(13)12(14)16/h8-10H,4-7H2,1-3H3. The third-order valence-corrected chi connectivity index (χ3v) is 3.73. The highest BCUT2D eigenvalue weighted by Crippen LogP contribution is 2.28. The molecule has 3 unspecified atom stereocenters. The van der Waals surface area contributed by atoms with Gasteiger partial charge in [-0.25, -0.2) is 0 Å². The second kappa shape index (κ2) is 4.64. The van der Waals surface area contributed by atoms with Crippen LogP contribution in [0.2, 0.25) is 0 Å². The highest BCUT2D eigenvalue weighted by molar-refractivity contribution is 5.97. The summed E-state index contributed by atoms with van der Waals surface area (Å²) in [5.41, 5.74) is 0. The SMILES string of the molecule is COCC(C)N1C(=O)C2CCCN2C(=O)C1C. The first-order chi connectivity index (χ1) is 8.07. The molecule has 2 heterocycles. The molecule has 2 fully saturated rings. The molecule has 0 spiro atoms. The van der Waals surface area contributed by atoms with Gasteiger partial charge >= 0.3 is 0 Å². The van der Waals surface area contributed by atoms with E-state index in [1.54, 1.807) is 23.8 Å². The van der Waals surface area contributed by atoms with Crippen molar-refractivity contribution in [3.05, 3.63) is 0 Å². The predicted molar refractivity (Wildman–Crippen MR) is 62.4 cm³/mol. The summed E-state index contributed by atoms with van der Waals surface area (Å²) in [7, 11) is 1.61. The maximum atomic E-state index is 12.4. The Morgan fingerprint density at radius 3 is 2.76 bits per heavy atom. The number of nitrogens with zero attached hydrogens (tertiary/aromatic N) is 2. The molecule has 2 rings (SSSR count). The van der Waals surface area contributed by atoms with E-state index in [4.69, 9.17) is 4.74 Å². The van der Waals surface area contributed by atoms with Crippen LogP contribution in [0.5, 0.6) is 0 Å². The van der Waals surface area contributed by atoms with E-state index < -0.39 is 0 Å². The fourth-order valence-corrected chi connectivity index (χ4v) is 2.93. The molecule has 0 N–H and O–H groups in total. The van der Waals surface area contributed by atoms with Crippen LogP contribution in [0.25, 0.3) is 0 Å². The Labute approximate surface area is 102 Å². The molecule has 0 aliphatic carbocycles. The second-order valence-corrected chi connectivity index (χ2v) is 4.92. The summed E-state index contributed by atoms with van der Waals surface area (Å²) >= 11 is 0. The number of piperazine rings is 1. The van der Waals surface area contributed by atoms with E-state index >= 15 is 0 Å². The van der Waals surface area contributed by atoms with E-state index in [0.717, 1.165) is 19.4 Å². The smallest absolute Gasteiger partial charge is 0.246 e. The Kier molecular flexibility index (Phi) is 3.38. The van der Waals surface area contributed by atoms with E-state index in [2.05, 4.69) is 0 Å². The zero-order chi connectivity index (χ0) is 12.6. The van der Waals surface area contributed by atoms with Crippen molar-refractivity contribution in [3.8, 4) is 0 Å². The Hall–Kier alpha value is -1.10. The van der Waals surface area contributed by atoms with Gasteiger partial charge in [0, 0.05) is 13.7 Å². The minimum atomic E-state index is -0.359. The number of fused-ring (bicyclic) bond motifs is 1. The predicted octanol–water partition coefficient (Wildman–Crippen LogP) is 0.243. The molecule has 2 amide bonds. The van der Waals surface area contributed by atoms with Gasteiger partial charge < -0.3 is 14.5 Å². The van der Waals surface area contributed by atoms with Crippen molar-refractivity contribution in [2.75, 3.05) is 20.3 Å². The van der Waals surface area contributed by atoms with Crippen molar-refractivity contribution >= 4 is 11.8 Å². The van der Waals surface area contributed by atoms with Crippen molar-refractivity contribution in [1.82, 2.24) is 9.80 Å². The van der Waals surface area contributed by atoms with Gasteiger partial charge in [-0.2, -0.15) is 0 Å². The van der Waals surface area contributed by atoms with E-state index in [-0.39, 0.29) is 29.9 Å². The molecule has 5 nitrogen and oxygen atoms in total.